The molecule has 0 spiro atoms. The molecule has 2 aliphatic rings. The van der Waals surface area contributed by atoms with E-state index in [1.807, 2.05) is 31.2 Å². The first-order chi connectivity index (χ1) is 22.2. The zero-order chi connectivity index (χ0) is 33.0. The molecule has 246 valence electrons. The summed E-state index contributed by atoms with van der Waals surface area (Å²) in [5, 5.41) is 35.9. The van der Waals surface area contributed by atoms with E-state index in [0.29, 0.717) is 47.5 Å². The van der Waals surface area contributed by atoms with Gasteiger partial charge in [-0.25, -0.2) is 9.97 Å². The van der Waals surface area contributed by atoms with E-state index in [2.05, 4.69) is 30.6 Å². The summed E-state index contributed by atoms with van der Waals surface area (Å²) < 4.78 is 23.4. The quantitative estimate of drug-likeness (QED) is 0.146. The molecule has 46 heavy (non-hydrogen) atoms. The fourth-order valence-electron chi connectivity index (χ4n) is 5.44. The third kappa shape index (κ3) is 6.55. The van der Waals surface area contributed by atoms with Gasteiger partial charge in [0.2, 0.25) is 11.7 Å². The first-order valence-corrected chi connectivity index (χ1v) is 14.5. The molecule has 0 amide bonds. The van der Waals surface area contributed by atoms with Gasteiger partial charge in [0.1, 0.15) is 35.8 Å². The van der Waals surface area contributed by atoms with Crippen LogP contribution in [0.1, 0.15) is 35.6 Å². The van der Waals surface area contributed by atoms with Crippen LogP contribution in [0.15, 0.2) is 35.6 Å². The van der Waals surface area contributed by atoms with Crippen molar-refractivity contribution >= 4 is 40.5 Å². The number of ether oxygens (including phenoxy) is 4. The summed E-state index contributed by atoms with van der Waals surface area (Å²) in [7, 11) is 4.75. The Morgan fingerprint density at radius 3 is 2.48 bits per heavy atom. The van der Waals surface area contributed by atoms with Gasteiger partial charge in [-0.15, -0.1) is 0 Å². The van der Waals surface area contributed by atoms with Crippen molar-refractivity contribution in [3.05, 3.63) is 47.4 Å². The molecule has 0 aliphatic carbocycles. The number of nitrogens with one attached hydrogen (secondary N) is 2. The number of fused-ring (bicyclic) bond motifs is 2. The van der Waals surface area contributed by atoms with E-state index in [4.69, 9.17) is 35.5 Å². The van der Waals surface area contributed by atoms with Crippen molar-refractivity contribution in [1.82, 2.24) is 19.5 Å². The monoisotopic (exact) mass is 637 g/mol. The molecule has 4 aromatic rings. The van der Waals surface area contributed by atoms with Crippen LogP contribution >= 0.6 is 0 Å². The predicted octanol–water partition coefficient (Wildman–Crippen LogP) is 1.75. The molecular weight excluding hydrogens is 598 g/mol. The Bertz CT molecular complexity index is 1690. The number of rotatable bonds is 8. The van der Waals surface area contributed by atoms with Crippen LogP contribution < -0.4 is 36.3 Å². The van der Waals surface area contributed by atoms with Gasteiger partial charge in [0, 0.05) is 36.2 Å². The number of anilines is 4. The molecule has 16 heteroatoms. The number of aryl methyl sites for hydroxylation is 1. The number of benzene rings is 2. The van der Waals surface area contributed by atoms with E-state index in [1.54, 1.807) is 32.2 Å². The average molecular weight is 638 g/mol. The molecule has 0 unspecified atom stereocenters. The summed E-state index contributed by atoms with van der Waals surface area (Å²) in [4.78, 5) is 16.5. The molecule has 0 radical (unpaired) electrons. The molecule has 4 atom stereocenters. The topological polar surface area (TPSA) is 230 Å². The highest BCUT2D eigenvalue weighted by Gasteiger charge is 2.36. The number of aromatic nitrogens is 4. The third-order valence-electron chi connectivity index (χ3n) is 7.83. The molecular formula is C30H39N9O7. The van der Waals surface area contributed by atoms with E-state index < -0.39 is 24.5 Å². The Morgan fingerprint density at radius 1 is 1.09 bits per heavy atom. The molecule has 0 bridgehead atoms. The van der Waals surface area contributed by atoms with Gasteiger partial charge in [-0.05, 0) is 24.1 Å². The smallest absolute Gasteiger partial charge is 0.222 e. The van der Waals surface area contributed by atoms with Crippen LogP contribution in [-0.4, -0.2) is 87.9 Å². The van der Waals surface area contributed by atoms with E-state index in [-0.39, 0.29) is 19.1 Å². The molecule has 16 nitrogen and oxygen atoms in total. The van der Waals surface area contributed by atoms with Crippen LogP contribution in [0.25, 0.3) is 10.9 Å². The lowest BCUT2D eigenvalue weighted by molar-refractivity contribution is -0.0437. The number of hydrogen-bond donors (Lipinski definition) is 7. The molecule has 2 aromatic heterocycles. The van der Waals surface area contributed by atoms with Crippen LogP contribution in [0.3, 0.4) is 0 Å². The number of nitrogen functional groups attached to an aromatic ring is 2. The Labute approximate surface area is 265 Å². The Balaban J connectivity index is 0.000000192. The lowest BCUT2D eigenvalue weighted by Gasteiger charge is -2.16. The summed E-state index contributed by atoms with van der Waals surface area (Å²) in [6, 6.07) is 7.60. The average Bonchev–Trinajstić information content (AvgIpc) is 3.59. The number of nitrogens with zero attached hydrogens (tertiary/aromatic N) is 5. The Hall–Kier alpha value is -4.90. The van der Waals surface area contributed by atoms with Crippen molar-refractivity contribution in [2.75, 3.05) is 56.6 Å². The fraction of sp³-hybridized carbons (Fsp3) is 0.400. The maximum absolute atomic E-state index is 9.89. The SMILES string of the molecule is COc1cc(NCc2ccc3nc(N)nc(N)c3c2C)cc(OC)c1OC.OC[C@H]1O[C@@H](n2cnc3c2NC=NC[C@H]3O)C[C@@H]1O. The minimum absolute atomic E-state index is 0.169. The van der Waals surface area contributed by atoms with Crippen molar-refractivity contribution in [2.24, 2.45) is 4.99 Å². The third-order valence-corrected chi connectivity index (χ3v) is 7.83. The maximum Gasteiger partial charge on any atom is 0.222 e. The highest BCUT2D eigenvalue weighted by Crippen LogP contribution is 2.40. The van der Waals surface area contributed by atoms with Gasteiger partial charge in [0.25, 0.3) is 0 Å². The zero-order valence-electron chi connectivity index (χ0n) is 26.0. The molecule has 0 saturated carbocycles. The second-order valence-electron chi connectivity index (χ2n) is 10.6. The molecule has 2 aromatic carbocycles. The van der Waals surface area contributed by atoms with Gasteiger partial charge in [-0.1, -0.05) is 6.07 Å². The van der Waals surface area contributed by atoms with Crippen LogP contribution in [0.4, 0.5) is 23.3 Å². The van der Waals surface area contributed by atoms with Gasteiger partial charge in [0.15, 0.2) is 11.5 Å². The first-order valence-electron chi connectivity index (χ1n) is 14.5. The normalized spacial score (nSPS) is 20.2. The van der Waals surface area contributed by atoms with Gasteiger partial charge in [-0.2, -0.15) is 4.98 Å². The van der Waals surface area contributed by atoms with E-state index in [1.165, 1.54) is 6.34 Å². The highest BCUT2D eigenvalue weighted by molar-refractivity contribution is 5.92. The van der Waals surface area contributed by atoms with E-state index in [9.17, 15) is 10.2 Å². The van der Waals surface area contributed by atoms with Crippen molar-refractivity contribution in [1.29, 1.82) is 0 Å². The van der Waals surface area contributed by atoms with Crippen molar-refractivity contribution in [2.45, 2.75) is 44.4 Å². The molecule has 1 fully saturated rings. The van der Waals surface area contributed by atoms with Crippen LogP contribution in [0.2, 0.25) is 0 Å². The van der Waals surface area contributed by atoms with Gasteiger partial charge in [0.05, 0.1) is 58.8 Å². The fourth-order valence-corrected chi connectivity index (χ4v) is 5.44. The number of imidazole rings is 1. The number of aliphatic hydroxyl groups is 3. The largest absolute Gasteiger partial charge is 0.493 e. The minimum atomic E-state index is -0.762. The molecule has 4 heterocycles. The van der Waals surface area contributed by atoms with Gasteiger partial charge < -0.3 is 56.4 Å². The first kappa shape index (κ1) is 32.5. The highest BCUT2D eigenvalue weighted by atomic mass is 16.5. The summed E-state index contributed by atoms with van der Waals surface area (Å²) in [5.41, 5.74) is 15.9. The number of aliphatic hydroxyl groups excluding tert-OH is 3. The maximum atomic E-state index is 9.89. The number of nitrogens with two attached hydrogens (primary N) is 2. The van der Waals surface area contributed by atoms with E-state index in [0.717, 1.165) is 27.7 Å². The summed E-state index contributed by atoms with van der Waals surface area (Å²) in [6.45, 7) is 2.59. The Kier molecular flexibility index (Phi) is 9.91. The van der Waals surface area contributed by atoms with Crippen molar-refractivity contribution in [3.63, 3.8) is 0 Å². The van der Waals surface area contributed by atoms with E-state index >= 15 is 0 Å². The standard InChI is InChI=1S/C19H23N5O3.C11H16N4O4/c1-10-11(5-6-13-16(10)18(20)24-19(21)23-13)9-22-12-7-14(25-2)17(27-4)15(8-12)26-3;16-3-8-6(17)1-9(19-8)15-5-14-10-7(18)2-12-4-13-11(10)15/h5-8,22H,9H2,1-4H3,(H4,20,21,23,24);4-9,16-18H,1-3H2,(H,12,13)/t;6-,7+,8+,9+/m.0/s1. The minimum Gasteiger partial charge on any atom is -0.493 e. The summed E-state index contributed by atoms with van der Waals surface area (Å²) in [5.74, 6) is 2.87. The van der Waals surface area contributed by atoms with Crippen molar-refractivity contribution in [3.8, 4) is 17.2 Å². The lowest BCUT2D eigenvalue weighted by atomic mass is 10.0. The van der Waals surface area contributed by atoms with Crippen LogP contribution in [0.5, 0.6) is 17.2 Å². The summed E-state index contributed by atoms with van der Waals surface area (Å²) in [6.07, 6.45) is 0.935. The number of methoxy groups -OCH3 is 3. The number of hydrogen-bond acceptors (Lipinski definition) is 15. The van der Waals surface area contributed by atoms with Crippen molar-refractivity contribution < 1.29 is 34.3 Å². The van der Waals surface area contributed by atoms with Gasteiger partial charge >= 0.3 is 0 Å². The zero-order valence-corrected chi connectivity index (χ0v) is 26.0. The molecule has 9 N–H and O–H groups in total. The van der Waals surface area contributed by atoms with Crippen LogP contribution in [0, 0.1) is 6.92 Å². The predicted molar refractivity (Wildman–Crippen MR) is 172 cm³/mol. The Morgan fingerprint density at radius 2 is 1.83 bits per heavy atom. The molecule has 2 aliphatic heterocycles. The summed E-state index contributed by atoms with van der Waals surface area (Å²) >= 11 is 0. The molecule has 6 rings (SSSR count). The van der Waals surface area contributed by atoms with Crippen LogP contribution in [-0.2, 0) is 11.3 Å². The molecule has 1 saturated heterocycles. The van der Waals surface area contributed by atoms with Gasteiger partial charge in [-0.3, -0.25) is 9.56 Å². The lowest BCUT2D eigenvalue weighted by Crippen LogP contribution is -2.24. The second-order valence-corrected chi connectivity index (χ2v) is 10.6. The second kappa shape index (κ2) is 14.0. The number of aliphatic imine (C=N–C) groups is 1.